The highest BCUT2D eigenvalue weighted by atomic mass is 16.3. The molecule has 1 aromatic heterocycles. The predicted molar refractivity (Wildman–Crippen MR) is 107 cm³/mol. The minimum atomic E-state index is 0.0587. The van der Waals surface area contributed by atoms with Gasteiger partial charge in [0.25, 0.3) is 0 Å². The van der Waals surface area contributed by atoms with E-state index in [1.54, 1.807) is 6.26 Å². The Bertz CT molecular complexity index is 715. The Labute approximate surface area is 160 Å². The molecule has 2 aliphatic rings. The summed E-state index contributed by atoms with van der Waals surface area (Å²) in [5.74, 6) is 1.06. The Morgan fingerprint density at radius 3 is 2.30 bits per heavy atom. The van der Waals surface area contributed by atoms with Crippen LogP contribution >= 0.6 is 0 Å². The normalized spacial score (nSPS) is 18.7. The van der Waals surface area contributed by atoms with Gasteiger partial charge in [0.15, 0.2) is 0 Å². The highest BCUT2D eigenvalue weighted by Crippen LogP contribution is 2.22. The van der Waals surface area contributed by atoms with Crippen LogP contribution in [0.3, 0.4) is 0 Å². The average molecular weight is 368 g/mol. The molecule has 27 heavy (non-hydrogen) atoms. The van der Waals surface area contributed by atoms with Gasteiger partial charge >= 0.3 is 0 Å². The lowest BCUT2D eigenvalue weighted by Crippen LogP contribution is -2.48. The second-order valence-electron chi connectivity index (χ2n) is 7.42. The summed E-state index contributed by atoms with van der Waals surface area (Å²) < 4.78 is 5.41. The fraction of sp³-hybridized carbons (Fsp3) is 0.476. The van der Waals surface area contributed by atoms with Crippen LogP contribution in [0.5, 0.6) is 0 Å². The number of hydrogen-bond donors (Lipinski definition) is 1. The second kappa shape index (κ2) is 8.59. The fourth-order valence-electron chi connectivity index (χ4n) is 3.86. The summed E-state index contributed by atoms with van der Waals surface area (Å²) in [5, 5.41) is 3.03. The molecule has 0 unspecified atom stereocenters. The van der Waals surface area contributed by atoms with Crippen LogP contribution in [0.4, 0.5) is 11.4 Å². The zero-order valence-electron chi connectivity index (χ0n) is 15.8. The van der Waals surface area contributed by atoms with Crippen LogP contribution in [0, 0.1) is 0 Å². The quantitative estimate of drug-likeness (QED) is 0.850. The molecular weight excluding hydrogens is 340 g/mol. The van der Waals surface area contributed by atoms with Crippen molar-refractivity contribution in [3.05, 3.63) is 48.4 Å². The maximum atomic E-state index is 12.4. The van der Waals surface area contributed by atoms with Gasteiger partial charge < -0.3 is 14.6 Å². The second-order valence-corrected chi connectivity index (χ2v) is 7.42. The number of amides is 1. The van der Waals surface area contributed by atoms with Gasteiger partial charge in [-0.1, -0.05) is 0 Å². The highest BCUT2D eigenvalue weighted by molar-refractivity contribution is 5.92. The lowest BCUT2D eigenvalue weighted by molar-refractivity contribution is -0.117. The molecule has 0 aliphatic carbocycles. The number of carbonyl (C=O) groups is 1. The fourth-order valence-corrected chi connectivity index (χ4v) is 3.86. The van der Waals surface area contributed by atoms with Crippen LogP contribution in [0.1, 0.15) is 18.6 Å². The summed E-state index contributed by atoms with van der Waals surface area (Å²) in [5.41, 5.74) is 2.12. The number of benzene rings is 1. The SMILES string of the molecule is O=C(CN1CCN(Cc2ccco2)CC1)Nc1ccc(N2CCCC2)cc1. The molecule has 0 saturated carbocycles. The highest BCUT2D eigenvalue weighted by Gasteiger charge is 2.20. The molecule has 6 nitrogen and oxygen atoms in total. The van der Waals surface area contributed by atoms with E-state index in [2.05, 4.69) is 32.1 Å². The van der Waals surface area contributed by atoms with Gasteiger partial charge in [-0.2, -0.15) is 0 Å². The molecule has 1 aromatic carbocycles. The van der Waals surface area contributed by atoms with E-state index >= 15 is 0 Å². The van der Waals surface area contributed by atoms with Gasteiger partial charge in [0.2, 0.25) is 5.91 Å². The lowest BCUT2D eigenvalue weighted by Gasteiger charge is -2.33. The summed E-state index contributed by atoms with van der Waals surface area (Å²) in [4.78, 5) is 19.3. The molecule has 0 bridgehead atoms. The van der Waals surface area contributed by atoms with Crippen molar-refractivity contribution in [2.75, 3.05) is 56.0 Å². The maximum Gasteiger partial charge on any atom is 0.238 e. The minimum Gasteiger partial charge on any atom is -0.468 e. The number of nitrogens with zero attached hydrogens (tertiary/aromatic N) is 3. The molecule has 2 fully saturated rings. The third kappa shape index (κ3) is 4.90. The third-order valence-electron chi connectivity index (χ3n) is 5.41. The van der Waals surface area contributed by atoms with Crippen LogP contribution in [-0.2, 0) is 11.3 Å². The number of nitrogens with one attached hydrogen (secondary N) is 1. The van der Waals surface area contributed by atoms with E-state index in [9.17, 15) is 4.79 Å². The molecule has 0 atom stereocenters. The van der Waals surface area contributed by atoms with Crippen LogP contribution < -0.4 is 10.2 Å². The topological polar surface area (TPSA) is 52.0 Å². The number of carbonyl (C=O) groups excluding carboxylic acids is 1. The summed E-state index contributed by atoms with van der Waals surface area (Å²) in [6, 6.07) is 12.2. The van der Waals surface area contributed by atoms with Crippen molar-refractivity contribution in [3.63, 3.8) is 0 Å². The van der Waals surface area contributed by atoms with Crippen LogP contribution in [0.15, 0.2) is 47.1 Å². The summed E-state index contributed by atoms with van der Waals surface area (Å²) >= 11 is 0. The number of furan rings is 1. The average Bonchev–Trinajstić information content (AvgIpc) is 3.38. The van der Waals surface area contributed by atoms with Gasteiger partial charge in [0.05, 0.1) is 19.4 Å². The molecular formula is C21H28N4O2. The number of hydrogen-bond acceptors (Lipinski definition) is 5. The van der Waals surface area contributed by atoms with Crippen molar-refractivity contribution in [1.29, 1.82) is 0 Å². The Morgan fingerprint density at radius 1 is 0.926 bits per heavy atom. The smallest absolute Gasteiger partial charge is 0.238 e. The monoisotopic (exact) mass is 368 g/mol. The molecule has 1 amide bonds. The summed E-state index contributed by atoms with van der Waals surface area (Å²) in [6.45, 7) is 7.29. The molecule has 3 heterocycles. The first-order valence-corrected chi connectivity index (χ1v) is 9.88. The minimum absolute atomic E-state index is 0.0587. The number of rotatable bonds is 6. The Hall–Kier alpha value is -2.31. The van der Waals surface area contributed by atoms with E-state index in [-0.39, 0.29) is 5.91 Å². The first kappa shape index (κ1) is 18.1. The molecule has 4 rings (SSSR count). The zero-order chi connectivity index (χ0) is 18.5. The maximum absolute atomic E-state index is 12.4. The largest absolute Gasteiger partial charge is 0.468 e. The van der Waals surface area contributed by atoms with Crippen molar-refractivity contribution >= 4 is 17.3 Å². The number of piperazine rings is 1. The molecule has 2 aliphatic heterocycles. The molecule has 1 N–H and O–H groups in total. The third-order valence-corrected chi connectivity index (χ3v) is 5.41. The van der Waals surface area contributed by atoms with E-state index < -0.39 is 0 Å². The Balaban J connectivity index is 1.20. The molecule has 2 saturated heterocycles. The Kier molecular flexibility index (Phi) is 5.75. The van der Waals surface area contributed by atoms with Crippen molar-refractivity contribution in [2.24, 2.45) is 0 Å². The van der Waals surface area contributed by atoms with Crippen molar-refractivity contribution in [3.8, 4) is 0 Å². The van der Waals surface area contributed by atoms with Gasteiger partial charge in [0.1, 0.15) is 5.76 Å². The van der Waals surface area contributed by atoms with Crippen molar-refractivity contribution < 1.29 is 9.21 Å². The summed E-state index contributed by atoms with van der Waals surface area (Å²) in [6.07, 6.45) is 4.26. The standard InChI is InChI=1S/C21H28N4O2/c26-21(22-18-5-7-19(8-6-18)25-9-1-2-10-25)17-24-13-11-23(12-14-24)16-20-4-3-15-27-20/h3-8,15H,1-2,9-14,16-17H2,(H,22,26). The van der Waals surface area contributed by atoms with E-state index in [0.717, 1.165) is 57.3 Å². The zero-order valence-corrected chi connectivity index (χ0v) is 15.8. The predicted octanol–water partition coefficient (Wildman–Crippen LogP) is 2.64. The van der Waals surface area contributed by atoms with E-state index in [4.69, 9.17) is 4.42 Å². The molecule has 144 valence electrons. The van der Waals surface area contributed by atoms with Crippen molar-refractivity contribution in [1.82, 2.24) is 9.80 Å². The van der Waals surface area contributed by atoms with Gasteiger partial charge in [-0.3, -0.25) is 14.6 Å². The van der Waals surface area contributed by atoms with E-state index in [1.165, 1.54) is 18.5 Å². The van der Waals surface area contributed by atoms with Crippen LogP contribution in [-0.4, -0.2) is 61.5 Å². The van der Waals surface area contributed by atoms with Crippen LogP contribution in [0.2, 0.25) is 0 Å². The molecule has 0 radical (unpaired) electrons. The van der Waals surface area contributed by atoms with Gasteiger partial charge in [-0.15, -0.1) is 0 Å². The van der Waals surface area contributed by atoms with Gasteiger partial charge in [-0.05, 0) is 49.2 Å². The molecule has 0 spiro atoms. The number of anilines is 2. The van der Waals surface area contributed by atoms with Gasteiger partial charge in [-0.25, -0.2) is 0 Å². The summed E-state index contributed by atoms with van der Waals surface area (Å²) in [7, 11) is 0. The lowest BCUT2D eigenvalue weighted by atomic mass is 10.2. The van der Waals surface area contributed by atoms with E-state index in [0.29, 0.717) is 6.54 Å². The first-order chi connectivity index (χ1) is 13.3. The Morgan fingerprint density at radius 2 is 1.63 bits per heavy atom. The first-order valence-electron chi connectivity index (χ1n) is 9.88. The van der Waals surface area contributed by atoms with Crippen LogP contribution in [0.25, 0.3) is 0 Å². The van der Waals surface area contributed by atoms with Gasteiger partial charge in [0, 0.05) is 50.6 Å². The molecule has 2 aromatic rings. The molecule has 6 heteroatoms. The van der Waals surface area contributed by atoms with E-state index in [1.807, 2.05) is 24.3 Å². The van der Waals surface area contributed by atoms with Crippen molar-refractivity contribution in [2.45, 2.75) is 19.4 Å².